The Hall–Kier alpha value is -2.87. The van der Waals surface area contributed by atoms with Crippen LogP contribution in [0.25, 0.3) is 0 Å². The van der Waals surface area contributed by atoms with Crippen LogP contribution in [0.4, 0.5) is 5.69 Å². The van der Waals surface area contributed by atoms with Gasteiger partial charge < -0.3 is 10.1 Å². The lowest BCUT2D eigenvalue weighted by Crippen LogP contribution is -2.41. The molecule has 0 aliphatic carbocycles. The van der Waals surface area contributed by atoms with Gasteiger partial charge in [0.2, 0.25) is 11.8 Å². The lowest BCUT2D eigenvalue weighted by molar-refractivity contribution is -0.137. The standard InChI is InChI=1S/C17H20ClN3O5/c1-3-26-17(25)10-9-16(24)21-20-15(23)8-7-14(22)19-13-6-4-5-12(18)11(13)2/h4-6,9-10H,3,7-8H2,1-2H3,(H,19,22)(H,20,23)(H,21,24)/b10-9+. The predicted molar refractivity (Wildman–Crippen MR) is 96.1 cm³/mol. The summed E-state index contributed by atoms with van der Waals surface area (Å²) in [5.41, 5.74) is 5.52. The zero-order valence-corrected chi connectivity index (χ0v) is 15.2. The molecule has 0 radical (unpaired) electrons. The van der Waals surface area contributed by atoms with Crippen LogP contribution in [0.15, 0.2) is 30.4 Å². The van der Waals surface area contributed by atoms with Crippen molar-refractivity contribution in [3.8, 4) is 0 Å². The third-order valence-corrected chi connectivity index (χ3v) is 3.51. The minimum atomic E-state index is -0.703. The van der Waals surface area contributed by atoms with Crippen molar-refractivity contribution in [3.05, 3.63) is 40.9 Å². The number of hydrazine groups is 1. The molecule has 0 unspecified atom stereocenters. The maximum Gasteiger partial charge on any atom is 0.330 e. The first-order valence-corrected chi connectivity index (χ1v) is 8.20. The maximum atomic E-state index is 11.9. The molecule has 8 nitrogen and oxygen atoms in total. The van der Waals surface area contributed by atoms with Gasteiger partial charge in [-0.2, -0.15) is 0 Å². The summed E-state index contributed by atoms with van der Waals surface area (Å²) in [7, 11) is 0. The molecule has 0 aliphatic heterocycles. The topological polar surface area (TPSA) is 114 Å². The molecule has 3 N–H and O–H groups in total. The van der Waals surface area contributed by atoms with Gasteiger partial charge in [-0.3, -0.25) is 25.2 Å². The van der Waals surface area contributed by atoms with Crippen LogP contribution in [0.5, 0.6) is 0 Å². The Morgan fingerprint density at radius 3 is 2.46 bits per heavy atom. The van der Waals surface area contributed by atoms with Crippen molar-refractivity contribution in [2.75, 3.05) is 11.9 Å². The van der Waals surface area contributed by atoms with E-state index in [9.17, 15) is 19.2 Å². The minimum absolute atomic E-state index is 0.0771. The SMILES string of the molecule is CCOC(=O)/C=C/C(=O)NNC(=O)CCC(=O)Nc1cccc(Cl)c1C. The first-order chi connectivity index (χ1) is 12.3. The Kier molecular flexibility index (Phi) is 8.86. The second-order valence-electron chi connectivity index (χ2n) is 5.08. The van der Waals surface area contributed by atoms with E-state index in [1.165, 1.54) is 0 Å². The van der Waals surface area contributed by atoms with Crippen LogP contribution in [0.1, 0.15) is 25.3 Å². The van der Waals surface area contributed by atoms with E-state index in [4.69, 9.17) is 11.6 Å². The number of rotatable bonds is 7. The fourth-order valence-electron chi connectivity index (χ4n) is 1.75. The van der Waals surface area contributed by atoms with Gasteiger partial charge in [-0.05, 0) is 31.5 Å². The molecule has 1 aromatic carbocycles. The van der Waals surface area contributed by atoms with E-state index in [1.54, 1.807) is 32.0 Å². The first kappa shape index (κ1) is 21.2. The van der Waals surface area contributed by atoms with Gasteiger partial charge in [0.15, 0.2) is 0 Å². The van der Waals surface area contributed by atoms with Crippen molar-refractivity contribution in [3.63, 3.8) is 0 Å². The van der Waals surface area contributed by atoms with Crippen LogP contribution in [0.3, 0.4) is 0 Å². The number of benzene rings is 1. The van der Waals surface area contributed by atoms with E-state index in [-0.39, 0.29) is 25.4 Å². The summed E-state index contributed by atoms with van der Waals surface area (Å²) in [4.78, 5) is 45.9. The summed E-state index contributed by atoms with van der Waals surface area (Å²) in [5.74, 6) is -2.28. The third-order valence-electron chi connectivity index (χ3n) is 3.10. The maximum absolute atomic E-state index is 11.9. The monoisotopic (exact) mass is 381 g/mol. The number of hydrogen-bond donors (Lipinski definition) is 3. The summed E-state index contributed by atoms with van der Waals surface area (Å²) < 4.78 is 4.60. The van der Waals surface area contributed by atoms with Crippen LogP contribution >= 0.6 is 11.6 Å². The Bertz CT molecular complexity index is 718. The molecule has 3 amide bonds. The second-order valence-corrected chi connectivity index (χ2v) is 5.49. The van der Waals surface area contributed by atoms with E-state index >= 15 is 0 Å². The molecule has 0 atom stereocenters. The van der Waals surface area contributed by atoms with Gasteiger partial charge >= 0.3 is 5.97 Å². The molecule has 0 aliphatic rings. The number of ether oxygens (including phenoxy) is 1. The first-order valence-electron chi connectivity index (χ1n) is 7.82. The van der Waals surface area contributed by atoms with E-state index in [0.29, 0.717) is 10.7 Å². The highest BCUT2D eigenvalue weighted by atomic mass is 35.5. The molecule has 0 bridgehead atoms. The quantitative estimate of drug-likeness (QED) is 0.377. The molecule has 0 saturated heterocycles. The van der Waals surface area contributed by atoms with Crippen molar-refractivity contribution in [2.45, 2.75) is 26.7 Å². The van der Waals surface area contributed by atoms with Crippen LogP contribution in [-0.4, -0.2) is 30.3 Å². The van der Waals surface area contributed by atoms with Crippen LogP contribution < -0.4 is 16.2 Å². The Morgan fingerprint density at radius 1 is 1.08 bits per heavy atom. The molecule has 26 heavy (non-hydrogen) atoms. The van der Waals surface area contributed by atoms with E-state index < -0.39 is 17.8 Å². The molecule has 0 saturated carbocycles. The lowest BCUT2D eigenvalue weighted by atomic mass is 10.2. The number of carbonyl (C=O) groups is 4. The number of amides is 3. The predicted octanol–water partition coefficient (Wildman–Crippen LogP) is 1.63. The van der Waals surface area contributed by atoms with Crippen LogP contribution in [-0.2, 0) is 23.9 Å². The highest BCUT2D eigenvalue weighted by Gasteiger charge is 2.10. The molecule has 9 heteroatoms. The molecule has 1 aromatic rings. The number of nitrogens with one attached hydrogen (secondary N) is 3. The lowest BCUT2D eigenvalue weighted by Gasteiger charge is -2.09. The number of anilines is 1. The van der Waals surface area contributed by atoms with Gasteiger partial charge in [-0.15, -0.1) is 0 Å². The summed E-state index contributed by atoms with van der Waals surface area (Å²) in [5, 5.41) is 3.19. The largest absolute Gasteiger partial charge is 0.463 e. The zero-order chi connectivity index (χ0) is 19.5. The van der Waals surface area contributed by atoms with E-state index in [0.717, 1.165) is 17.7 Å². The van der Waals surface area contributed by atoms with Crippen LogP contribution in [0, 0.1) is 6.92 Å². The van der Waals surface area contributed by atoms with Crippen molar-refractivity contribution < 1.29 is 23.9 Å². The van der Waals surface area contributed by atoms with Crippen molar-refractivity contribution >= 4 is 41.0 Å². The average molecular weight is 382 g/mol. The molecule has 0 heterocycles. The molecular weight excluding hydrogens is 362 g/mol. The number of carbonyl (C=O) groups excluding carboxylic acids is 4. The van der Waals surface area contributed by atoms with E-state index in [2.05, 4.69) is 20.9 Å². The van der Waals surface area contributed by atoms with Gasteiger partial charge in [0.25, 0.3) is 5.91 Å². The van der Waals surface area contributed by atoms with Crippen LogP contribution in [0.2, 0.25) is 5.02 Å². The van der Waals surface area contributed by atoms with Gasteiger partial charge in [0.1, 0.15) is 0 Å². The summed E-state index contributed by atoms with van der Waals surface area (Å²) >= 11 is 5.97. The van der Waals surface area contributed by atoms with Gasteiger partial charge in [0.05, 0.1) is 6.61 Å². The average Bonchev–Trinajstić information content (AvgIpc) is 2.60. The third kappa shape index (κ3) is 7.80. The minimum Gasteiger partial charge on any atom is -0.463 e. The summed E-state index contributed by atoms with van der Waals surface area (Å²) in [6, 6.07) is 5.12. The molecule has 0 fully saturated rings. The highest BCUT2D eigenvalue weighted by Crippen LogP contribution is 2.22. The van der Waals surface area contributed by atoms with Gasteiger partial charge in [-0.1, -0.05) is 17.7 Å². The fourth-order valence-corrected chi connectivity index (χ4v) is 1.93. The summed E-state index contributed by atoms with van der Waals surface area (Å²) in [6.07, 6.45) is 1.65. The Balaban J connectivity index is 2.33. The second kappa shape index (κ2) is 10.9. The Labute approximate surface area is 155 Å². The molecule has 140 valence electrons. The smallest absolute Gasteiger partial charge is 0.330 e. The fraction of sp³-hybridized carbons (Fsp3) is 0.294. The van der Waals surface area contributed by atoms with Crippen molar-refractivity contribution in [1.29, 1.82) is 0 Å². The molecular formula is C17H20ClN3O5. The highest BCUT2D eigenvalue weighted by molar-refractivity contribution is 6.31. The van der Waals surface area contributed by atoms with Gasteiger partial charge in [0, 0.05) is 35.7 Å². The van der Waals surface area contributed by atoms with E-state index in [1.807, 2.05) is 0 Å². The normalized spacial score (nSPS) is 10.3. The molecule has 0 aromatic heterocycles. The number of hydrogen-bond acceptors (Lipinski definition) is 5. The summed E-state index contributed by atoms with van der Waals surface area (Å²) in [6.45, 7) is 3.60. The number of halogens is 1. The Morgan fingerprint density at radius 2 is 1.77 bits per heavy atom. The van der Waals surface area contributed by atoms with Crippen molar-refractivity contribution in [1.82, 2.24) is 10.9 Å². The van der Waals surface area contributed by atoms with Gasteiger partial charge in [-0.25, -0.2) is 4.79 Å². The zero-order valence-electron chi connectivity index (χ0n) is 14.4. The molecule has 0 spiro atoms. The molecule has 1 rings (SSSR count). The van der Waals surface area contributed by atoms with Crippen molar-refractivity contribution in [2.24, 2.45) is 0 Å². The number of esters is 1.